The molecule has 2 atom stereocenters. The van der Waals surface area contributed by atoms with Crippen LogP contribution in [0.2, 0.25) is 5.02 Å². The number of nitrogens with two attached hydrogens (primary N) is 1. The van der Waals surface area contributed by atoms with Gasteiger partial charge in [0.2, 0.25) is 0 Å². The number of amidine groups is 1. The Hall–Kier alpha value is -3.01. The van der Waals surface area contributed by atoms with Crippen molar-refractivity contribution in [2.45, 2.75) is 31.2 Å². The fraction of sp³-hybridized carbons (Fsp3) is 0.263. The van der Waals surface area contributed by atoms with Crippen LogP contribution in [0, 0.1) is 5.82 Å². The molecule has 0 unspecified atom stereocenters. The molecule has 3 N–H and O–H groups in total. The summed E-state index contributed by atoms with van der Waals surface area (Å²) in [6.45, 7) is 1.37. The van der Waals surface area contributed by atoms with E-state index >= 15 is 0 Å². The molecule has 1 aliphatic rings. The van der Waals surface area contributed by atoms with Crippen molar-refractivity contribution in [2.75, 3.05) is 5.32 Å². The Balaban J connectivity index is 1.68. The number of ether oxygens (including phenoxy) is 1. The van der Waals surface area contributed by atoms with Crippen LogP contribution in [0.1, 0.15) is 18.9 Å². The van der Waals surface area contributed by atoms with E-state index in [1.807, 2.05) is 0 Å². The molecule has 30 heavy (non-hydrogen) atoms. The molecule has 0 radical (unpaired) electrons. The lowest BCUT2D eigenvalue weighted by atomic mass is 9.85. The van der Waals surface area contributed by atoms with Crippen molar-refractivity contribution in [2.24, 2.45) is 10.7 Å². The van der Waals surface area contributed by atoms with Crippen molar-refractivity contribution >= 4 is 40.4 Å². The van der Waals surface area contributed by atoms with E-state index in [9.17, 15) is 17.6 Å². The van der Waals surface area contributed by atoms with Gasteiger partial charge in [-0.1, -0.05) is 11.6 Å². The van der Waals surface area contributed by atoms with Crippen molar-refractivity contribution in [3.8, 4) is 0 Å². The van der Waals surface area contributed by atoms with Crippen LogP contribution >= 0.6 is 11.6 Å². The van der Waals surface area contributed by atoms with Crippen molar-refractivity contribution in [1.82, 2.24) is 4.98 Å². The second kappa shape index (κ2) is 7.05. The number of benzene rings is 2. The van der Waals surface area contributed by atoms with Crippen LogP contribution in [0.15, 0.2) is 45.8 Å². The summed E-state index contributed by atoms with van der Waals surface area (Å²) in [5.74, 6) is -0.730. The van der Waals surface area contributed by atoms with Gasteiger partial charge in [-0.3, -0.25) is 0 Å². The van der Waals surface area contributed by atoms with Crippen LogP contribution in [0.25, 0.3) is 11.1 Å². The Morgan fingerprint density at radius 1 is 1.23 bits per heavy atom. The SMILES string of the molecule is C[C@]1(c2cc(Nc3nc4cc(Cl)ccc4o3)ccc2F)C[C@@H](C(F)(F)F)OC(N)=N1. The zero-order chi connectivity index (χ0) is 21.7. The summed E-state index contributed by atoms with van der Waals surface area (Å²) in [5, 5.41) is 3.35. The maximum absolute atomic E-state index is 14.6. The van der Waals surface area contributed by atoms with Crippen molar-refractivity contribution in [3.63, 3.8) is 0 Å². The molecule has 2 heterocycles. The minimum atomic E-state index is -4.67. The maximum atomic E-state index is 14.6. The standard InChI is InChI=1S/C19H15ClF4N4O2/c1-18(8-15(19(22,23)24)30-16(25)28-18)11-7-10(3-4-12(11)21)26-17-27-13-6-9(20)2-5-14(13)29-17/h2-7,15H,8H2,1H3,(H2,25,28)(H,26,27)/t15-,18+/m0/s1. The van der Waals surface area contributed by atoms with E-state index in [1.54, 1.807) is 18.2 Å². The highest BCUT2D eigenvalue weighted by molar-refractivity contribution is 6.31. The number of hydrogen-bond acceptors (Lipinski definition) is 6. The number of hydrogen-bond donors (Lipinski definition) is 2. The zero-order valence-corrected chi connectivity index (χ0v) is 16.2. The molecule has 0 amide bonds. The zero-order valence-electron chi connectivity index (χ0n) is 15.4. The van der Waals surface area contributed by atoms with Gasteiger partial charge in [-0.15, -0.1) is 0 Å². The highest BCUT2D eigenvalue weighted by Crippen LogP contribution is 2.41. The molecule has 4 rings (SSSR count). The lowest BCUT2D eigenvalue weighted by molar-refractivity contribution is -0.208. The van der Waals surface area contributed by atoms with E-state index in [-0.39, 0.29) is 11.6 Å². The van der Waals surface area contributed by atoms with Crippen molar-refractivity contribution in [1.29, 1.82) is 0 Å². The topological polar surface area (TPSA) is 85.7 Å². The van der Waals surface area contributed by atoms with Crippen LogP contribution in [-0.2, 0) is 10.3 Å². The molecule has 0 bridgehead atoms. The van der Waals surface area contributed by atoms with Crippen LogP contribution < -0.4 is 11.1 Å². The molecular weight excluding hydrogens is 428 g/mol. The first-order valence-corrected chi connectivity index (χ1v) is 9.13. The Morgan fingerprint density at radius 2 is 2.00 bits per heavy atom. The minimum absolute atomic E-state index is 0.0767. The summed E-state index contributed by atoms with van der Waals surface area (Å²) >= 11 is 5.93. The first-order chi connectivity index (χ1) is 14.0. The summed E-state index contributed by atoms with van der Waals surface area (Å²) in [5.41, 5.74) is 5.12. The summed E-state index contributed by atoms with van der Waals surface area (Å²) in [4.78, 5) is 8.19. The quantitative estimate of drug-likeness (QED) is 0.541. The molecule has 6 nitrogen and oxygen atoms in total. The maximum Gasteiger partial charge on any atom is 0.425 e. The average molecular weight is 443 g/mol. The summed E-state index contributed by atoms with van der Waals surface area (Å²) in [6, 6.07) is 8.21. The highest BCUT2D eigenvalue weighted by Gasteiger charge is 2.50. The van der Waals surface area contributed by atoms with E-state index in [0.29, 0.717) is 21.8 Å². The molecule has 1 aromatic heterocycles. The van der Waals surface area contributed by atoms with E-state index in [0.717, 1.165) is 6.07 Å². The van der Waals surface area contributed by atoms with Gasteiger partial charge in [0.05, 0.1) is 5.54 Å². The lowest BCUT2D eigenvalue weighted by Gasteiger charge is -2.36. The molecule has 0 aliphatic carbocycles. The van der Waals surface area contributed by atoms with Crippen LogP contribution in [0.4, 0.5) is 29.3 Å². The summed E-state index contributed by atoms with van der Waals surface area (Å²) in [7, 11) is 0. The minimum Gasteiger partial charge on any atom is -0.452 e. The van der Waals surface area contributed by atoms with E-state index in [4.69, 9.17) is 21.8 Å². The fourth-order valence-corrected chi connectivity index (χ4v) is 3.48. The van der Waals surface area contributed by atoms with Crippen LogP contribution in [0.3, 0.4) is 0 Å². The molecule has 11 heteroatoms. The largest absolute Gasteiger partial charge is 0.452 e. The Labute approximate surface area is 172 Å². The van der Waals surface area contributed by atoms with Gasteiger partial charge >= 0.3 is 6.18 Å². The van der Waals surface area contributed by atoms with Crippen LogP contribution in [0.5, 0.6) is 0 Å². The van der Waals surface area contributed by atoms with Gasteiger partial charge in [0.15, 0.2) is 11.7 Å². The van der Waals surface area contributed by atoms with Gasteiger partial charge < -0.3 is 20.2 Å². The lowest BCUT2D eigenvalue weighted by Crippen LogP contribution is -2.46. The third-order valence-electron chi connectivity index (χ3n) is 4.72. The van der Waals surface area contributed by atoms with E-state index in [1.165, 1.54) is 19.1 Å². The third kappa shape index (κ3) is 3.87. The molecular formula is C19H15ClF4N4O2. The van der Waals surface area contributed by atoms with Crippen molar-refractivity contribution in [3.05, 3.63) is 52.8 Å². The second-order valence-corrected chi connectivity index (χ2v) is 7.46. The first kappa shape index (κ1) is 20.3. The number of halogens is 5. The molecule has 2 aromatic carbocycles. The predicted molar refractivity (Wildman–Crippen MR) is 103 cm³/mol. The van der Waals surface area contributed by atoms with Crippen molar-refractivity contribution < 1.29 is 26.7 Å². The number of nitrogens with zero attached hydrogens (tertiary/aromatic N) is 2. The third-order valence-corrected chi connectivity index (χ3v) is 4.95. The molecule has 0 saturated carbocycles. The number of aliphatic imine (C=N–C) groups is 1. The Bertz CT molecular complexity index is 1150. The summed E-state index contributed by atoms with van der Waals surface area (Å²) in [6.07, 6.45) is -7.50. The monoisotopic (exact) mass is 442 g/mol. The smallest absolute Gasteiger partial charge is 0.425 e. The number of nitrogens with one attached hydrogen (secondary N) is 1. The Morgan fingerprint density at radius 3 is 2.73 bits per heavy atom. The average Bonchev–Trinajstić information content (AvgIpc) is 3.03. The Kier molecular flexibility index (Phi) is 4.76. The van der Waals surface area contributed by atoms with Gasteiger partial charge in [-0.25, -0.2) is 9.38 Å². The number of aromatic nitrogens is 1. The molecule has 158 valence electrons. The number of fused-ring (bicyclic) bond motifs is 1. The van der Waals surface area contributed by atoms with Gasteiger partial charge in [-0.2, -0.15) is 18.2 Å². The first-order valence-electron chi connectivity index (χ1n) is 8.75. The van der Waals surface area contributed by atoms with E-state index < -0.39 is 36.1 Å². The van der Waals surface area contributed by atoms with E-state index in [2.05, 4.69) is 20.0 Å². The highest BCUT2D eigenvalue weighted by atomic mass is 35.5. The molecule has 0 spiro atoms. The van der Waals surface area contributed by atoms with Gasteiger partial charge in [0, 0.05) is 22.7 Å². The molecule has 1 aliphatic heterocycles. The van der Waals surface area contributed by atoms with Gasteiger partial charge in [0.1, 0.15) is 11.3 Å². The number of alkyl halides is 3. The number of oxazole rings is 1. The number of anilines is 2. The normalized spacial score (nSPS) is 21.9. The molecule has 0 fully saturated rings. The molecule has 0 saturated heterocycles. The van der Waals surface area contributed by atoms with Gasteiger partial charge in [-0.05, 0) is 43.3 Å². The predicted octanol–water partition coefficient (Wildman–Crippen LogP) is 5.25. The summed E-state index contributed by atoms with van der Waals surface area (Å²) < 4.78 is 64.3. The van der Waals surface area contributed by atoms with Gasteiger partial charge in [0.25, 0.3) is 12.0 Å². The molecule has 3 aromatic rings. The second-order valence-electron chi connectivity index (χ2n) is 7.03. The number of rotatable bonds is 3. The van der Waals surface area contributed by atoms with Crippen LogP contribution in [-0.4, -0.2) is 23.3 Å². The fourth-order valence-electron chi connectivity index (χ4n) is 3.31.